The number of hydrogen-bond acceptors (Lipinski definition) is 2. The number of Topliss-reactive ketones (excluding diaryl/α,β-unsaturated/α-hetero) is 1. The van der Waals surface area contributed by atoms with Crippen molar-refractivity contribution in [2.75, 3.05) is 6.54 Å². The highest BCUT2D eigenvalue weighted by atomic mass is 16.2. The zero-order valence-corrected chi connectivity index (χ0v) is 6.96. The Morgan fingerprint density at radius 2 is 2.36 bits per heavy atom. The second-order valence-electron chi connectivity index (χ2n) is 3.09. The second-order valence-corrected chi connectivity index (χ2v) is 3.09. The molecular formula is C8H13NO2. The van der Waals surface area contributed by atoms with E-state index in [0.29, 0.717) is 12.8 Å². The van der Waals surface area contributed by atoms with Crippen LogP contribution in [0.15, 0.2) is 0 Å². The summed E-state index contributed by atoms with van der Waals surface area (Å²) in [6, 6.07) is 0.105. The van der Waals surface area contributed by atoms with Crippen molar-refractivity contribution in [1.29, 1.82) is 0 Å². The first-order chi connectivity index (χ1) is 5.11. The zero-order valence-electron chi connectivity index (χ0n) is 6.96. The van der Waals surface area contributed by atoms with Gasteiger partial charge in [0, 0.05) is 25.4 Å². The molecule has 0 N–H and O–H groups in total. The molecule has 0 spiro atoms. The zero-order chi connectivity index (χ0) is 8.43. The maximum atomic E-state index is 10.9. The molecule has 3 heteroatoms. The van der Waals surface area contributed by atoms with Crippen molar-refractivity contribution in [1.82, 2.24) is 4.90 Å². The van der Waals surface area contributed by atoms with Crippen LogP contribution in [0, 0.1) is 0 Å². The lowest BCUT2D eigenvalue weighted by atomic mass is 10.1. The van der Waals surface area contributed by atoms with Crippen LogP contribution in [0.1, 0.15) is 26.7 Å². The first-order valence-corrected chi connectivity index (χ1v) is 3.90. The molecule has 0 aromatic carbocycles. The number of carbonyl (C=O) groups excluding carboxylic acids is 2. The summed E-state index contributed by atoms with van der Waals surface area (Å²) >= 11 is 0. The SMILES string of the molecule is CC(=O)CC(C)N1CCC1=O. The van der Waals surface area contributed by atoms with Gasteiger partial charge in [0.25, 0.3) is 0 Å². The minimum Gasteiger partial charge on any atom is -0.339 e. The monoisotopic (exact) mass is 155 g/mol. The average molecular weight is 155 g/mol. The molecule has 11 heavy (non-hydrogen) atoms. The molecule has 1 saturated heterocycles. The van der Waals surface area contributed by atoms with Crippen molar-refractivity contribution >= 4 is 11.7 Å². The Bertz CT molecular complexity index is 189. The van der Waals surface area contributed by atoms with E-state index < -0.39 is 0 Å². The fraction of sp³-hybridized carbons (Fsp3) is 0.750. The lowest BCUT2D eigenvalue weighted by molar-refractivity contribution is -0.143. The van der Waals surface area contributed by atoms with E-state index in [2.05, 4.69) is 0 Å². The van der Waals surface area contributed by atoms with Crippen LogP contribution in [0.2, 0.25) is 0 Å². The lowest BCUT2D eigenvalue weighted by Crippen LogP contribution is -2.49. The van der Waals surface area contributed by atoms with E-state index in [1.54, 1.807) is 11.8 Å². The molecule has 1 rings (SSSR count). The Morgan fingerprint density at radius 1 is 1.73 bits per heavy atom. The van der Waals surface area contributed by atoms with Crippen LogP contribution in [0.5, 0.6) is 0 Å². The summed E-state index contributed by atoms with van der Waals surface area (Å²) in [5.41, 5.74) is 0. The van der Waals surface area contributed by atoms with Crippen LogP contribution in [0.4, 0.5) is 0 Å². The smallest absolute Gasteiger partial charge is 0.224 e. The van der Waals surface area contributed by atoms with Crippen molar-refractivity contribution < 1.29 is 9.59 Å². The third kappa shape index (κ3) is 1.79. The number of rotatable bonds is 3. The first kappa shape index (κ1) is 8.24. The number of ketones is 1. The van der Waals surface area contributed by atoms with Crippen LogP contribution in [0.25, 0.3) is 0 Å². The van der Waals surface area contributed by atoms with Gasteiger partial charge in [-0.1, -0.05) is 0 Å². The molecule has 0 aromatic rings. The highest BCUT2D eigenvalue weighted by Crippen LogP contribution is 2.15. The van der Waals surface area contributed by atoms with Crippen molar-refractivity contribution in [3.8, 4) is 0 Å². The van der Waals surface area contributed by atoms with E-state index in [4.69, 9.17) is 0 Å². The van der Waals surface area contributed by atoms with Gasteiger partial charge in [0.2, 0.25) is 5.91 Å². The average Bonchev–Trinajstić information content (AvgIpc) is 1.82. The van der Waals surface area contributed by atoms with E-state index in [1.807, 2.05) is 6.92 Å². The number of likely N-dealkylation sites (tertiary alicyclic amines) is 1. The van der Waals surface area contributed by atoms with Crippen molar-refractivity contribution in [3.63, 3.8) is 0 Å². The van der Waals surface area contributed by atoms with Gasteiger partial charge in [0.05, 0.1) is 0 Å². The summed E-state index contributed by atoms with van der Waals surface area (Å²) in [6.07, 6.45) is 1.15. The number of hydrogen-bond donors (Lipinski definition) is 0. The normalized spacial score (nSPS) is 19.5. The molecule has 0 aliphatic carbocycles. The maximum absolute atomic E-state index is 10.9. The van der Waals surface area contributed by atoms with E-state index in [9.17, 15) is 9.59 Å². The summed E-state index contributed by atoms with van der Waals surface area (Å²) in [4.78, 5) is 23.3. The molecule has 62 valence electrons. The maximum Gasteiger partial charge on any atom is 0.224 e. The summed E-state index contributed by atoms with van der Waals surface area (Å²) in [5.74, 6) is 0.330. The molecule has 1 aliphatic rings. The van der Waals surface area contributed by atoms with E-state index >= 15 is 0 Å². The molecule has 1 amide bonds. The van der Waals surface area contributed by atoms with Gasteiger partial charge in [-0.15, -0.1) is 0 Å². The third-order valence-corrected chi connectivity index (χ3v) is 2.00. The van der Waals surface area contributed by atoms with Gasteiger partial charge in [-0.05, 0) is 13.8 Å². The third-order valence-electron chi connectivity index (χ3n) is 2.00. The first-order valence-electron chi connectivity index (χ1n) is 3.90. The Labute approximate surface area is 66.4 Å². The molecule has 0 radical (unpaired) electrons. The van der Waals surface area contributed by atoms with Gasteiger partial charge < -0.3 is 4.90 Å². The van der Waals surface area contributed by atoms with Crippen molar-refractivity contribution in [2.45, 2.75) is 32.7 Å². The second kappa shape index (κ2) is 3.03. The largest absolute Gasteiger partial charge is 0.339 e. The Kier molecular flexibility index (Phi) is 2.27. The van der Waals surface area contributed by atoms with Crippen LogP contribution in [-0.2, 0) is 9.59 Å². The Morgan fingerprint density at radius 3 is 2.64 bits per heavy atom. The summed E-state index contributed by atoms with van der Waals surface area (Å²) in [5, 5.41) is 0. The molecule has 0 aromatic heterocycles. The summed E-state index contributed by atoms with van der Waals surface area (Å²) in [7, 11) is 0. The van der Waals surface area contributed by atoms with Crippen LogP contribution < -0.4 is 0 Å². The molecule has 3 nitrogen and oxygen atoms in total. The van der Waals surface area contributed by atoms with Crippen LogP contribution in [0.3, 0.4) is 0 Å². The number of β-lactam (4-membered cyclic amide) rings is 1. The van der Waals surface area contributed by atoms with Crippen LogP contribution in [-0.4, -0.2) is 29.2 Å². The molecule has 0 saturated carbocycles. The topological polar surface area (TPSA) is 37.4 Å². The van der Waals surface area contributed by atoms with E-state index in [1.165, 1.54) is 0 Å². The Balaban J connectivity index is 2.35. The van der Waals surface area contributed by atoms with Gasteiger partial charge in [-0.25, -0.2) is 0 Å². The standard InChI is InChI=1S/C8H13NO2/c1-6(5-7(2)10)9-4-3-8(9)11/h6H,3-5H2,1-2H3. The number of amides is 1. The van der Waals surface area contributed by atoms with Crippen molar-refractivity contribution in [2.24, 2.45) is 0 Å². The molecule has 1 atom stereocenters. The lowest BCUT2D eigenvalue weighted by Gasteiger charge is -2.35. The summed E-state index contributed by atoms with van der Waals surface area (Å²) in [6.45, 7) is 4.30. The van der Waals surface area contributed by atoms with E-state index in [0.717, 1.165) is 6.54 Å². The molecule has 1 fully saturated rings. The molecule has 1 unspecified atom stereocenters. The molecular weight excluding hydrogens is 142 g/mol. The van der Waals surface area contributed by atoms with Gasteiger partial charge in [-0.3, -0.25) is 9.59 Å². The van der Waals surface area contributed by atoms with E-state index in [-0.39, 0.29) is 17.7 Å². The van der Waals surface area contributed by atoms with Crippen LogP contribution >= 0.6 is 0 Å². The molecule has 0 bridgehead atoms. The quantitative estimate of drug-likeness (QED) is 0.559. The van der Waals surface area contributed by atoms with Gasteiger partial charge >= 0.3 is 0 Å². The summed E-state index contributed by atoms with van der Waals surface area (Å²) < 4.78 is 0. The minimum absolute atomic E-state index is 0.105. The highest BCUT2D eigenvalue weighted by Gasteiger charge is 2.28. The number of carbonyl (C=O) groups is 2. The van der Waals surface area contributed by atoms with Gasteiger partial charge in [-0.2, -0.15) is 0 Å². The molecule has 1 aliphatic heterocycles. The van der Waals surface area contributed by atoms with Crippen molar-refractivity contribution in [3.05, 3.63) is 0 Å². The predicted octanol–water partition coefficient (Wildman–Crippen LogP) is 0.586. The predicted molar refractivity (Wildman–Crippen MR) is 41.1 cm³/mol. The fourth-order valence-electron chi connectivity index (χ4n) is 1.32. The van der Waals surface area contributed by atoms with Gasteiger partial charge in [0.15, 0.2) is 0 Å². The minimum atomic E-state index is 0.105. The fourth-order valence-corrected chi connectivity index (χ4v) is 1.32. The molecule has 1 heterocycles. The highest BCUT2D eigenvalue weighted by molar-refractivity contribution is 5.83. The Hall–Kier alpha value is -0.860. The van der Waals surface area contributed by atoms with Gasteiger partial charge in [0.1, 0.15) is 5.78 Å². The number of nitrogens with zero attached hydrogens (tertiary/aromatic N) is 1.